The van der Waals surface area contributed by atoms with Crippen molar-refractivity contribution in [2.75, 3.05) is 18.4 Å². The summed E-state index contributed by atoms with van der Waals surface area (Å²) in [7, 11) is 0. The molecule has 1 amide bonds. The van der Waals surface area contributed by atoms with Crippen molar-refractivity contribution in [3.63, 3.8) is 0 Å². The number of piperidine rings is 1. The van der Waals surface area contributed by atoms with E-state index in [9.17, 15) is 4.79 Å². The van der Waals surface area contributed by atoms with Crippen LogP contribution in [0.15, 0.2) is 48.9 Å². The minimum absolute atomic E-state index is 0.209. The number of aromatic nitrogens is 4. The van der Waals surface area contributed by atoms with E-state index in [1.54, 1.807) is 18.5 Å². The Balaban J connectivity index is 1.47. The first-order valence-electron chi connectivity index (χ1n) is 8.46. The van der Waals surface area contributed by atoms with Gasteiger partial charge in [-0.1, -0.05) is 12.1 Å². The van der Waals surface area contributed by atoms with E-state index in [4.69, 9.17) is 0 Å². The number of rotatable bonds is 4. The maximum atomic E-state index is 12.5. The van der Waals surface area contributed by atoms with Crippen LogP contribution in [0.25, 0.3) is 11.4 Å². The van der Waals surface area contributed by atoms with E-state index in [2.05, 4.69) is 25.7 Å². The Hall–Kier alpha value is -2.93. The summed E-state index contributed by atoms with van der Waals surface area (Å²) in [4.78, 5) is 19.8. The van der Waals surface area contributed by atoms with E-state index in [1.807, 2.05) is 35.1 Å². The number of amides is 1. The molecule has 2 aromatic heterocycles. The molecule has 1 unspecified atom stereocenters. The van der Waals surface area contributed by atoms with Gasteiger partial charge in [-0.15, -0.1) is 0 Å². The maximum Gasteiger partial charge on any atom is 0.276 e. The van der Waals surface area contributed by atoms with Crippen LogP contribution in [0.3, 0.4) is 0 Å². The van der Waals surface area contributed by atoms with E-state index in [-0.39, 0.29) is 5.91 Å². The molecule has 0 aliphatic carbocycles. The number of aromatic amines is 1. The lowest BCUT2D eigenvalue weighted by molar-refractivity contribution is 0.102. The van der Waals surface area contributed by atoms with Gasteiger partial charge >= 0.3 is 0 Å². The van der Waals surface area contributed by atoms with Crippen molar-refractivity contribution in [1.82, 2.24) is 25.1 Å². The van der Waals surface area contributed by atoms with Gasteiger partial charge in [0.05, 0.1) is 6.04 Å². The molecule has 7 nitrogen and oxygen atoms in total. The minimum atomic E-state index is -0.209. The third kappa shape index (κ3) is 3.46. The van der Waals surface area contributed by atoms with Crippen LogP contribution in [-0.2, 0) is 0 Å². The quantitative estimate of drug-likeness (QED) is 0.683. The fourth-order valence-corrected chi connectivity index (χ4v) is 3.08. The molecule has 3 heterocycles. The van der Waals surface area contributed by atoms with Gasteiger partial charge in [0.2, 0.25) is 0 Å². The number of carbonyl (C=O) groups excluding carboxylic acids is 1. The molecule has 4 rings (SSSR count). The average molecular weight is 336 g/mol. The van der Waals surface area contributed by atoms with Crippen molar-refractivity contribution in [2.45, 2.75) is 18.9 Å². The van der Waals surface area contributed by atoms with Gasteiger partial charge in [0.15, 0.2) is 5.69 Å². The maximum absolute atomic E-state index is 12.5. The predicted molar refractivity (Wildman–Crippen MR) is 95.3 cm³/mol. The smallest absolute Gasteiger partial charge is 0.276 e. The van der Waals surface area contributed by atoms with Crippen molar-refractivity contribution in [1.29, 1.82) is 0 Å². The number of hydrogen-bond acceptors (Lipinski definition) is 4. The van der Waals surface area contributed by atoms with E-state index >= 15 is 0 Å². The Morgan fingerprint density at radius 3 is 3.08 bits per heavy atom. The highest BCUT2D eigenvalue weighted by molar-refractivity contribution is 6.03. The van der Waals surface area contributed by atoms with Gasteiger partial charge in [-0.2, -0.15) is 5.10 Å². The zero-order valence-electron chi connectivity index (χ0n) is 13.8. The molecule has 128 valence electrons. The lowest BCUT2D eigenvalue weighted by atomic mass is 10.1. The largest absolute Gasteiger partial charge is 0.345 e. The van der Waals surface area contributed by atoms with Crippen LogP contribution in [0.2, 0.25) is 0 Å². The van der Waals surface area contributed by atoms with Crippen LogP contribution in [0.1, 0.15) is 29.4 Å². The first kappa shape index (κ1) is 15.6. The van der Waals surface area contributed by atoms with Gasteiger partial charge in [-0.05, 0) is 37.6 Å². The number of H-pyrrole nitrogens is 1. The SMILES string of the molecule is O=C(Nc1cccc(-c2ncc[nH]2)c1)c1ccn(C2CCCNC2)n1. The predicted octanol–water partition coefficient (Wildman–Crippen LogP) is 2.45. The zero-order valence-corrected chi connectivity index (χ0v) is 13.8. The summed E-state index contributed by atoms with van der Waals surface area (Å²) < 4.78 is 1.89. The van der Waals surface area contributed by atoms with E-state index in [1.165, 1.54) is 0 Å². The molecule has 0 saturated carbocycles. The summed E-state index contributed by atoms with van der Waals surface area (Å²) in [5.41, 5.74) is 2.06. The molecule has 1 atom stereocenters. The highest BCUT2D eigenvalue weighted by Crippen LogP contribution is 2.20. The number of hydrogen-bond donors (Lipinski definition) is 3. The molecule has 1 aromatic carbocycles. The summed E-state index contributed by atoms with van der Waals surface area (Å²) in [6.45, 7) is 1.95. The highest BCUT2D eigenvalue weighted by Gasteiger charge is 2.17. The molecule has 3 N–H and O–H groups in total. The lowest BCUT2D eigenvalue weighted by Gasteiger charge is -2.22. The van der Waals surface area contributed by atoms with Crippen LogP contribution in [-0.4, -0.2) is 38.7 Å². The number of anilines is 1. The van der Waals surface area contributed by atoms with Gasteiger partial charge in [-0.25, -0.2) is 4.98 Å². The van der Waals surface area contributed by atoms with Crippen molar-refractivity contribution in [3.05, 3.63) is 54.6 Å². The van der Waals surface area contributed by atoms with Crippen LogP contribution in [0.4, 0.5) is 5.69 Å². The second-order valence-corrected chi connectivity index (χ2v) is 6.15. The van der Waals surface area contributed by atoms with Gasteiger partial charge < -0.3 is 15.6 Å². The fraction of sp³-hybridized carbons (Fsp3) is 0.278. The highest BCUT2D eigenvalue weighted by atomic mass is 16.1. The fourth-order valence-electron chi connectivity index (χ4n) is 3.08. The van der Waals surface area contributed by atoms with Gasteiger partial charge in [0.1, 0.15) is 5.82 Å². The van der Waals surface area contributed by atoms with Crippen LogP contribution < -0.4 is 10.6 Å². The third-order valence-corrected chi connectivity index (χ3v) is 4.38. The van der Waals surface area contributed by atoms with Crippen molar-refractivity contribution < 1.29 is 4.79 Å². The molecule has 7 heteroatoms. The molecule has 0 spiro atoms. The lowest BCUT2D eigenvalue weighted by Crippen LogP contribution is -2.32. The summed E-state index contributed by atoms with van der Waals surface area (Å²) >= 11 is 0. The molecule has 1 aliphatic rings. The molecule has 3 aromatic rings. The number of imidazole rings is 1. The van der Waals surface area contributed by atoms with Gasteiger partial charge in [0.25, 0.3) is 5.91 Å². The second-order valence-electron chi connectivity index (χ2n) is 6.15. The summed E-state index contributed by atoms with van der Waals surface area (Å²) in [5.74, 6) is 0.560. The standard InChI is InChI=1S/C18H20N6O/c25-18(16-6-10-24(23-16)15-5-2-7-19-12-15)22-14-4-1-3-13(11-14)17-20-8-9-21-17/h1,3-4,6,8-11,15,19H,2,5,7,12H2,(H,20,21)(H,22,25). The number of carbonyl (C=O) groups is 1. The zero-order chi connectivity index (χ0) is 17.1. The Labute approximate surface area is 145 Å². The van der Waals surface area contributed by atoms with Crippen LogP contribution in [0, 0.1) is 0 Å². The third-order valence-electron chi connectivity index (χ3n) is 4.38. The summed E-state index contributed by atoms with van der Waals surface area (Å²) in [5, 5.41) is 10.7. The first-order chi connectivity index (χ1) is 12.3. The Morgan fingerprint density at radius 1 is 1.32 bits per heavy atom. The summed E-state index contributed by atoms with van der Waals surface area (Å²) in [6.07, 6.45) is 7.57. The van der Waals surface area contributed by atoms with E-state index in [0.29, 0.717) is 17.4 Å². The first-order valence-corrected chi connectivity index (χ1v) is 8.46. The minimum Gasteiger partial charge on any atom is -0.345 e. The Bertz CT molecular complexity index is 848. The van der Waals surface area contributed by atoms with Crippen LogP contribution >= 0.6 is 0 Å². The number of benzene rings is 1. The Kier molecular flexibility index (Phi) is 4.30. The van der Waals surface area contributed by atoms with Gasteiger partial charge in [0, 0.05) is 36.4 Å². The molecule has 1 aliphatic heterocycles. The number of nitrogens with zero attached hydrogens (tertiary/aromatic N) is 3. The topological polar surface area (TPSA) is 87.6 Å². The summed E-state index contributed by atoms with van der Waals surface area (Å²) in [6, 6.07) is 9.66. The van der Waals surface area contributed by atoms with Crippen LogP contribution in [0.5, 0.6) is 0 Å². The van der Waals surface area contributed by atoms with Gasteiger partial charge in [-0.3, -0.25) is 9.48 Å². The normalized spacial score (nSPS) is 17.4. The molecule has 0 bridgehead atoms. The van der Waals surface area contributed by atoms with Crippen molar-refractivity contribution in [3.8, 4) is 11.4 Å². The molecule has 0 radical (unpaired) electrons. The van der Waals surface area contributed by atoms with Crippen molar-refractivity contribution in [2.24, 2.45) is 0 Å². The second kappa shape index (κ2) is 6.90. The molecular formula is C18H20N6O. The molecule has 25 heavy (non-hydrogen) atoms. The van der Waals surface area contributed by atoms with E-state index in [0.717, 1.165) is 37.3 Å². The molecule has 1 fully saturated rings. The molecule has 1 saturated heterocycles. The molecular weight excluding hydrogens is 316 g/mol. The van der Waals surface area contributed by atoms with Crippen molar-refractivity contribution >= 4 is 11.6 Å². The monoisotopic (exact) mass is 336 g/mol. The van der Waals surface area contributed by atoms with E-state index < -0.39 is 0 Å². The average Bonchev–Trinajstić information content (AvgIpc) is 3.35. The number of nitrogens with one attached hydrogen (secondary N) is 3. The Morgan fingerprint density at radius 2 is 2.28 bits per heavy atom.